The van der Waals surface area contributed by atoms with E-state index in [4.69, 9.17) is 16.2 Å². The van der Waals surface area contributed by atoms with Gasteiger partial charge in [-0.15, -0.1) is 0 Å². The fourth-order valence-corrected chi connectivity index (χ4v) is 2.72. The Labute approximate surface area is 141 Å². The van der Waals surface area contributed by atoms with Gasteiger partial charge in [-0.25, -0.2) is 4.98 Å². The number of benzene rings is 1. The highest BCUT2D eigenvalue weighted by Gasteiger charge is 2.37. The smallest absolute Gasteiger partial charge is 0.269 e. The van der Waals surface area contributed by atoms with Gasteiger partial charge in [-0.2, -0.15) is 0 Å². The summed E-state index contributed by atoms with van der Waals surface area (Å²) in [5.74, 6) is 1.38. The Balaban J connectivity index is 1.96. The number of pyridine rings is 1. The largest absolute Gasteiger partial charge is 0.476 e. The lowest BCUT2D eigenvalue weighted by atomic mass is 10.0. The highest BCUT2D eigenvalue weighted by Crippen LogP contribution is 2.35. The molecule has 3 rings (SSSR count). The number of rotatable bonds is 4. The van der Waals surface area contributed by atoms with Crippen molar-refractivity contribution in [2.45, 2.75) is 33.0 Å². The quantitative estimate of drug-likeness (QED) is 0.897. The number of nitrogen functional groups attached to an aromatic ring is 1. The second-order valence-electron chi connectivity index (χ2n) is 6.29. The fourth-order valence-electron chi connectivity index (χ4n) is 2.72. The van der Waals surface area contributed by atoms with Crippen LogP contribution in [0.15, 0.2) is 36.4 Å². The molecular weight excluding hydrogens is 304 g/mol. The van der Waals surface area contributed by atoms with Crippen molar-refractivity contribution in [3.8, 4) is 5.75 Å². The Morgan fingerprint density at radius 1 is 1.17 bits per heavy atom. The van der Waals surface area contributed by atoms with Gasteiger partial charge in [0.1, 0.15) is 5.82 Å². The maximum atomic E-state index is 12.9. The summed E-state index contributed by atoms with van der Waals surface area (Å²) in [4.78, 5) is 18.8. The van der Waals surface area contributed by atoms with Gasteiger partial charge in [0, 0.05) is 6.54 Å². The van der Waals surface area contributed by atoms with Crippen LogP contribution in [0.4, 0.5) is 11.6 Å². The minimum absolute atomic E-state index is 0.0605. The molecule has 1 unspecified atom stereocenters. The average molecular weight is 326 g/mol. The van der Waals surface area contributed by atoms with E-state index in [9.17, 15) is 4.79 Å². The van der Waals surface area contributed by atoms with Gasteiger partial charge >= 0.3 is 0 Å². The zero-order valence-electron chi connectivity index (χ0n) is 13.9. The molecule has 1 amide bonds. The first-order valence-electron chi connectivity index (χ1n) is 8.02. The molecule has 6 heteroatoms. The molecule has 1 aliphatic heterocycles. The van der Waals surface area contributed by atoms with Crippen LogP contribution in [0.3, 0.4) is 0 Å². The standard InChI is InChI=1S/C18H22N4O2/c1-11(2)16-18(23)22(10-13-5-3-12(9-19)4-6-13)17-14(24-16)7-8-15(20)21-17/h3-8,11,16H,9-10,19H2,1-2H3,(H2,20,21). The molecule has 0 saturated carbocycles. The number of carbonyl (C=O) groups is 1. The molecule has 0 saturated heterocycles. The van der Waals surface area contributed by atoms with Crippen molar-refractivity contribution < 1.29 is 9.53 Å². The van der Waals surface area contributed by atoms with E-state index < -0.39 is 6.10 Å². The Bertz CT molecular complexity index is 743. The van der Waals surface area contributed by atoms with Gasteiger partial charge in [0.2, 0.25) is 0 Å². The summed E-state index contributed by atoms with van der Waals surface area (Å²) >= 11 is 0. The Morgan fingerprint density at radius 3 is 2.46 bits per heavy atom. The number of hydrogen-bond donors (Lipinski definition) is 2. The highest BCUT2D eigenvalue weighted by molar-refractivity contribution is 5.99. The zero-order chi connectivity index (χ0) is 17.3. The number of amides is 1. The van der Waals surface area contributed by atoms with Crippen molar-refractivity contribution in [2.75, 3.05) is 10.6 Å². The molecule has 6 nitrogen and oxygen atoms in total. The summed E-state index contributed by atoms with van der Waals surface area (Å²) in [5.41, 5.74) is 13.5. The maximum absolute atomic E-state index is 12.9. The van der Waals surface area contributed by atoms with Crippen LogP contribution in [-0.2, 0) is 17.9 Å². The average Bonchev–Trinajstić information content (AvgIpc) is 2.57. The topological polar surface area (TPSA) is 94.5 Å². The molecule has 24 heavy (non-hydrogen) atoms. The van der Waals surface area contributed by atoms with Gasteiger partial charge in [0.15, 0.2) is 17.7 Å². The van der Waals surface area contributed by atoms with Gasteiger partial charge in [0.05, 0.1) is 6.54 Å². The third-order valence-electron chi connectivity index (χ3n) is 4.08. The minimum Gasteiger partial charge on any atom is -0.476 e. The molecule has 1 aliphatic rings. The van der Waals surface area contributed by atoms with Crippen molar-refractivity contribution in [3.63, 3.8) is 0 Å². The highest BCUT2D eigenvalue weighted by atomic mass is 16.5. The van der Waals surface area contributed by atoms with Crippen molar-refractivity contribution in [1.82, 2.24) is 4.98 Å². The predicted octanol–water partition coefficient (Wildman–Crippen LogP) is 2.07. The van der Waals surface area contributed by atoms with Crippen LogP contribution in [0.25, 0.3) is 0 Å². The van der Waals surface area contributed by atoms with Crippen molar-refractivity contribution in [2.24, 2.45) is 11.7 Å². The van der Waals surface area contributed by atoms with E-state index in [0.717, 1.165) is 11.1 Å². The molecule has 1 atom stereocenters. The monoisotopic (exact) mass is 326 g/mol. The normalized spacial score (nSPS) is 16.9. The molecule has 1 aromatic carbocycles. The third kappa shape index (κ3) is 3.05. The van der Waals surface area contributed by atoms with Crippen LogP contribution in [0.2, 0.25) is 0 Å². The van der Waals surface area contributed by atoms with E-state index in [1.54, 1.807) is 17.0 Å². The summed E-state index contributed by atoms with van der Waals surface area (Å²) in [6.45, 7) is 4.84. The van der Waals surface area contributed by atoms with Crippen LogP contribution in [0.5, 0.6) is 5.75 Å². The van der Waals surface area contributed by atoms with Gasteiger partial charge in [-0.1, -0.05) is 38.1 Å². The second kappa shape index (κ2) is 6.49. The molecule has 0 spiro atoms. The van der Waals surface area contributed by atoms with Crippen molar-refractivity contribution >= 4 is 17.5 Å². The first-order valence-corrected chi connectivity index (χ1v) is 8.02. The fraction of sp³-hybridized carbons (Fsp3) is 0.333. The summed E-state index contributed by atoms with van der Waals surface area (Å²) in [6, 6.07) is 11.3. The van der Waals surface area contributed by atoms with E-state index in [2.05, 4.69) is 4.98 Å². The lowest BCUT2D eigenvalue weighted by molar-refractivity contribution is -0.128. The molecule has 0 fully saturated rings. The van der Waals surface area contributed by atoms with Crippen LogP contribution >= 0.6 is 0 Å². The van der Waals surface area contributed by atoms with Crippen LogP contribution in [0.1, 0.15) is 25.0 Å². The molecule has 0 bridgehead atoms. The number of ether oxygens (including phenoxy) is 1. The van der Waals surface area contributed by atoms with Gasteiger partial charge < -0.3 is 16.2 Å². The molecule has 2 aromatic rings. The minimum atomic E-state index is -0.522. The lowest BCUT2D eigenvalue weighted by Crippen LogP contribution is -2.48. The Hall–Kier alpha value is -2.60. The third-order valence-corrected chi connectivity index (χ3v) is 4.08. The van der Waals surface area contributed by atoms with Gasteiger partial charge in [0.25, 0.3) is 5.91 Å². The Morgan fingerprint density at radius 2 is 1.83 bits per heavy atom. The molecule has 2 heterocycles. The van der Waals surface area contributed by atoms with Crippen LogP contribution in [-0.4, -0.2) is 17.0 Å². The zero-order valence-corrected chi connectivity index (χ0v) is 13.9. The van der Waals surface area contributed by atoms with Crippen molar-refractivity contribution in [1.29, 1.82) is 0 Å². The summed E-state index contributed by atoms with van der Waals surface area (Å²) in [5, 5.41) is 0. The summed E-state index contributed by atoms with van der Waals surface area (Å²) < 4.78 is 5.84. The molecular formula is C18H22N4O2. The number of nitrogens with zero attached hydrogens (tertiary/aromatic N) is 2. The van der Waals surface area contributed by atoms with Gasteiger partial charge in [-0.3, -0.25) is 9.69 Å². The van der Waals surface area contributed by atoms with E-state index in [1.807, 2.05) is 38.1 Å². The first-order chi connectivity index (χ1) is 11.5. The summed E-state index contributed by atoms with van der Waals surface area (Å²) in [6.07, 6.45) is -0.522. The second-order valence-corrected chi connectivity index (χ2v) is 6.29. The van der Waals surface area contributed by atoms with E-state index in [-0.39, 0.29) is 11.8 Å². The molecule has 126 valence electrons. The SMILES string of the molecule is CC(C)C1Oc2ccc(N)nc2N(Cc2ccc(CN)cc2)C1=O. The molecule has 4 N–H and O–H groups in total. The number of nitrogens with two attached hydrogens (primary N) is 2. The van der Waals surface area contributed by atoms with Gasteiger partial charge in [-0.05, 0) is 29.2 Å². The first kappa shape index (κ1) is 16.3. The molecule has 1 aromatic heterocycles. The van der Waals surface area contributed by atoms with E-state index in [0.29, 0.717) is 30.5 Å². The number of anilines is 2. The number of hydrogen-bond acceptors (Lipinski definition) is 5. The molecule has 0 aliphatic carbocycles. The van der Waals surface area contributed by atoms with E-state index in [1.165, 1.54) is 0 Å². The number of carbonyl (C=O) groups excluding carboxylic acids is 1. The van der Waals surface area contributed by atoms with Crippen LogP contribution in [0, 0.1) is 5.92 Å². The lowest BCUT2D eigenvalue weighted by Gasteiger charge is -2.35. The summed E-state index contributed by atoms with van der Waals surface area (Å²) in [7, 11) is 0. The van der Waals surface area contributed by atoms with Crippen molar-refractivity contribution in [3.05, 3.63) is 47.5 Å². The molecule has 0 radical (unpaired) electrons. The van der Waals surface area contributed by atoms with Crippen LogP contribution < -0.4 is 21.1 Å². The Kier molecular flexibility index (Phi) is 4.40. The predicted molar refractivity (Wildman–Crippen MR) is 93.4 cm³/mol. The maximum Gasteiger partial charge on any atom is 0.269 e. The van der Waals surface area contributed by atoms with E-state index >= 15 is 0 Å². The number of aromatic nitrogens is 1. The number of fused-ring (bicyclic) bond motifs is 1.